The predicted octanol–water partition coefficient (Wildman–Crippen LogP) is 4.73. The van der Waals surface area contributed by atoms with Crippen LogP contribution in [0.1, 0.15) is 16.8 Å². The van der Waals surface area contributed by atoms with Crippen molar-refractivity contribution in [2.45, 2.75) is 20.3 Å². The van der Waals surface area contributed by atoms with Crippen LogP contribution in [-0.2, 0) is 11.2 Å². The number of carbonyl (C=O) groups is 1. The molecule has 0 saturated heterocycles. The zero-order valence-electron chi connectivity index (χ0n) is 12.5. The number of hydrogen-bond acceptors (Lipinski definition) is 1. The maximum Gasteiger partial charge on any atom is 0.228 e. The van der Waals surface area contributed by atoms with E-state index in [1.54, 1.807) is 0 Å². The molecule has 2 N–H and O–H groups in total. The van der Waals surface area contributed by atoms with Gasteiger partial charge < -0.3 is 10.3 Å². The maximum absolute atomic E-state index is 12.3. The van der Waals surface area contributed by atoms with Crippen molar-refractivity contribution < 1.29 is 4.79 Å². The minimum Gasteiger partial charge on any atom is -0.358 e. The largest absolute Gasteiger partial charge is 0.358 e. The van der Waals surface area contributed by atoms with Crippen molar-refractivity contribution in [2.75, 3.05) is 5.32 Å². The molecule has 1 amide bonds. The molecule has 0 bridgehead atoms. The van der Waals surface area contributed by atoms with Crippen molar-refractivity contribution in [3.63, 3.8) is 0 Å². The van der Waals surface area contributed by atoms with E-state index >= 15 is 0 Å². The Morgan fingerprint density at radius 3 is 2.77 bits per heavy atom. The van der Waals surface area contributed by atoms with Gasteiger partial charge in [-0.05, 0) is 49.7 Å². The van der Waals surface area contributed by atoms with Crippen molar-refractivity contribution in [1.82, 2.24) is 4.98 Å². The van der Waals surface area contributed by atoms with E-state index < -0.39 is 0 Å². The summed E-state index contributed by atoms with van der Waals surface area (Å²) in [6.07, 6.45) is 0.363. The number of fused-ring (bicyclic) bond motifs is 1. The molecule has 3 rings (SSSR count). The number of aromatic nitrogens is 1. The van der Waals surface area contributed by atoms with E-state index in [4.69, 9.17) is 0 Å². The number of carbonyl (C=O) groups excluding carboxylic acids is 1. The van der Waals surface area contributed by atoms with Crippen molar-refractivity contribution >= 4 is 38.4 Å². The van der Waals surface area contributed by atoms with E-state index in [-0.39, 0.29) is 5.91 Å². The third-order valence-corrected chi connectivity index (χ3v) is 4.21. The van der Waals surface area contributed by atoms with Crippen LogP contribution < -0.4 is 5.32 Å². The van der Waals surface area contributed by atoms with Crippen LogP contribution in [0.15, 0.2) is 46.9 Å². The van der Waals surface area contributed by atoms with Crippen LogP contribution in [0.4, 0.5) is 5.69 Å². The fourth-order valence-corrected chi connectivity index (χ4v) is 3.06. The molecule has 0 aliphatic carbocycles. The van der Waals surface area contributed by atoms with Gasteiger partial charge >= 0.3 is 0 Å². The van der Waals surface area contributed by atoms with Crippen molar-refractivity contribution in [3.8, 4) is 0 Å². The Kier molecular flexibility index (Phi) is 4.03. The van der Waals surface area contributed by atoms with Crippen LogP contribution in [0.3, 0.4) is 0 Å². The first-order valence-corrected chi connectivity index (χ1v) is 7.95. The number of aryl methyl sites for hydroxylation is 2. The summed E-state index contributed by atoms with van der Waals surface area (Å²) < 4.78 is 0.948. The summed E-state index contributed by atoms with van der Waals surface area (Å²) in [5.41, 5.74) is 5.18. The van der Waals surface area contributed by atoms with Gasteiger partial charge in [0.25, 0.3) is 0 Å². The summed E-state index contributed by atoms with van der Waals surface area (Å²) in [6.45, 7) is 4.07. The lowest BCUT2D eigenvalue weighted by Gasteiger charge is -2.06. The SMILES string of the molecule is Cc1ccc2[nH]c(C)c(CC(=O)Nc3cccc(Br)c3)c2c1. The molecule has 3 aromatic rings. The molecular formula is C18H17BrN2O. The third kappa shape index (κ3) is 3.07. The second kappa shape index (κ2) is 5.97. The Hall–Kier alpha value is -2.07. The molecule has 4 heteroatoms. The predicted molar refractivity (Wildman–Crippen MR) is 94.2 cm³/mol. The smallest absolute Gasteiger partial charge is 0.228 e. The Balaban J connectivity index is 1.85. The van der Waals surface area contributed by atoms with Gasteiger partial charge in [-0.3, -0.25) is 4.79 Å². The fraction of sp³-hybridized carbons (Fsp3) is 0.167. The van der Waals surface area contributed by atoms with Crippen molar-refractivity contribution in [1.29, 1.82) is 0 Å². The molecule has 112 valence electrons. The highest BCUT2D eigenvalue weighted by Gasteiger charge is 2.13. The number of anilines is 1. The Labute approximate surface area is 137 Å². The molecule has 2 aromatic carbocycles. The molecule has 1 aromatic heterocycles. The average Bonchev–Trinajstić information content (AvgIpc) is 2.75. The number of halogens is 1. The van der Waals surface area contributed by atoms with Gasteiger partial charge in [0.1, 0.15) is 0 Å². The molecule has 22 heavy (non-hydrogen) atoms. The molecule has 0 aliphatic heterocycles. The topological polar surface area (TPSA) is 44.9 Å². The molecule has 0 saturated carbocycles. The fourth-order valence-electron chi connectivity index (χ4n) is 2.66. The Bertz CT molecular complexity index is 851. The summed E-state index contributed by atoms with van der Waals surface area (Å²) in [5, 5.41) is 4.07. The average molecular weight is 357 g/mol. The third-order valence-electron chi connectivity index (χ3n) is 3.72. The van der Waals surface area contributed by atoms with E-state index in [0.29, 0.717) is 6.42 Å². The summed E-state index contributed by atoms with van der Waals surface area (Å²) >= 11 is 3.41. The number of rotatable bonds is 3. The van der Waals surface area contributed by atoms with Crippen LogP contribution in [0.5, 0.6) is 0 Å². The quantitative estimate of drug-likeness (QED) is 0.699. The standard InChI is InChI=1S/C18H17BrN2O/c1-11-6-7-17-16(8-11)15(12(2)20-17)10-18(22)21-14-5-3-4-13(19)9-14/h3-9,20H,10H2,1-2H3,(H,21,22). The Morgan fingerprint density at radius 1 is 1.18 bits per heavy atom. The second-order valence-electron chi connectivity index (χ2n) is 5.51. The highest BCUT2D eigenvalue weighted by molar-refractivity contribution is 9.10. The molecule has 0 unspecified atom stereocenters. The number of H-pyrrole nitrogens is 1. The molecule has 3 nitrogen and oxygen atoms in total. The van der Waals surface area contributed by atoms with E-state index in [1.807, 2.05) is 31.2 Å². The van der Waals surface area contributed by atoms with Crippen LogP contribution in [-0.4, -0.2) is 10.9 Å². The van der Waals surface area contributed by atoms with Crippen molar-refractivity contribution in [2.24, 2.45) is 0 Å². The van der Waals surface area contributed by atoms with E-state index in [9.17, 15) is 4.79 Å². The van der Waals surface area contributed by atoms with E-state index in [1.165, 1.54) is 5.56 Å². The molecule has 1 heterocycles. The number of amides is 1. The molecule has 0 spiro atoms. The van der Waals surface area contributed by atoms with Gasteiger partial charge in [-0.1, -0.05) is 33.6 Å². The normalized spacial score (nSPS) is 10.9. The molecule has 0 atom stereocenters. The van der Waals surface area contributed by atoms with Crippen LogP contribution in [0.25, 0.3) is 10.9 Å². The number of nitrogens with one attached hydrogen (secondary N) is 2. The first-order chi connectivity index (χ1) is 10.5. The first kappa shape index (κ1) is 14.9. The molecule has 0 radical (unpaired) electrons. The minimum absolute atomic E-state index is 0.0105. The molecule has 0 fully saturated rings. The number of aromatic amines is 1. The summed E-state index contributed by atoms with van der Waals surface area (Å²) in [4.78, 5) is 15.7. The zero-order valence-corrected chi connectivity index (χ0v) is 14.1. The number of benzene rings is 2. The van der Waals surface area contributed by atoms with Gasteiger partial charge in [0.2, 0.25) is 5.91 Å². The zero-order chi connectivity index (χ0) is 15.7. The minimum atomic E-state index is -0.0105. The van der Waals surface area contributed by atoms with Crippen molar-refractivity contribution in [3.05, 3.63) is 63.8 Å². The van der Waals surface area contributed by atoms with E-state index in [0.717, 1.165) is 32.3 Å². The lowest BCUT2D eigenvalue weighted by Crippen LogP contribution is -2.14. The molecule has 0 aliphatic rings. The van der Waals surface area contributed by atoms with Gasteiger partial charge in [0.05, 0.1) is 6.42 Å². The number of hydrogen-bond donors (Lipinski definition) is 2. The van der Waals surface area contributed by atoms with Gasteiger partial charge in [0.15, 0.2) is 0 Å². The maximum atomic E-state index is 12.3. The van der Waals surface area contributed by atoms with Gasteiger partial charge in [-0.15, -0.1) is 0 Å². The van der Waals surface area contributed by atoms with Crippen LogP contribution in [0, 0.1) is 13.8 Å². The lowest BCUT2D eigenvalue weighted by molar-refractivity contribution is -0.115. The molecular weight excluding hydrogens is 340 g/mol. The lowest BCUT2D eigenvalue weighted by atomic mass is 10.1. The monoisotopic (exact) mass is 356 g/mol. The van der Waals surface area contributed by atoms with Crippen LogP contribution in [0.2, 0.25) is 0 Å². The highest BCUT2D eigenvalue weighted by Crippen LogP contribution is 2.24. The Morgan fingerprint density at radius 2 is 2.00 bits per heavy atom. The summed E-state index contributed by atoms with van der Waals surface area (Å²) in [6, 6.07) is 13.9. The van der Waals surface area contributed by atoms with E-state index in [2.05, 4.69) is 51.4 Å². The van der Waals surface area contributed by atoms with Gasteiger partial charge in [-0.2, -0.15) is 0 Å². The summed E-state index contributed by atoms with van der Waals surface area (Å²) in [5.74, 6) is -0.0105. The second-order valence-corrected chi connectivity index (χ2v) is 6.43. The highest BCUT2D eigenvalue weighted by atomic mass is 79.9. The van der Waals surface area contributed by atoms with Crippen LogP contribution >= 0.6 is 15.9 Å². The van der Waals surface area contributed by atoms with Gasteiger partial charge in [0, 0.05) is 26.8 Å². The first-order valence-electron chi connectivity index (χ1n) is 7.16. The van der Waals surface area contributed by atoms with Gasteiger partial charge in [-0.25, -0.2) is 0 Å². The summed E-state index contributed by atoms with van der Waals surface area (Å²) in [7, 11) is 0.